The number of fused-ring (bicyclic) bond motifs is 1. The Bertz CT molecular complexity index is 3190. The molecule has 0 bridgehead atoms. The summed E-state index contributed by atoms with van der Waals surface area (Å²) in [7, 11) is 0. The molecule has 0 amide bonds. The minimum atomic E-state index is -0.153. The van der Waals surface area contributed by atoms with Crippen LogP contribution in [0.3, 0.4) is 0 Å². The standard InChI is InChI=1S/C61H59N3O/c1-39-32-48(60(5,6)7)38-52(57(39)65)58-63-56-50(22-17-23-55(56)64(58)54-29-28-47(59(2,3)4)37-51(54)43-20-15-12-16-21-43)45-33-46(35-49(34-45)61(8,9)10)53-36-44(30-31-62-53)42-26-24-41(25-27-42)40-18-13-11-14-19-40/h11-38,65H,1-10H3. The molecule has 0 atom stereocenters. The lowest BCUT2D eigenvalue weighted by Crippen LogP contribution is -2.13. The summed E-state index contributed by atoms with van der Waals surface area (Å²) < 4.78 is 2.27. The van der Waals surface area contributed by atoms with Crippen LogP contribution < -0.4 is 0 Å². The van der Waals surface area contributed by atoms with Gasteiger partial charge < -0.3 is 5.11 Å². The maximum atomic E-state index is 12.1. The average molecular weight is 850 g/mol. The van der Waals surface area contributed by atoms with Gasteiger partial charge in [0.05, 0.1) is 28.0 Å². The number of pyridine rings is 1. The molecule has 0 aliphatic carbocycles. The van der Waals surface area contributed by atoms with E-state index in [-0.39, 0.29) is 22.0 Å². The number of nitrogens with zero attached hydrogens (tertiary/aromatic N) is 3. The Morgan fingerprint density at radius 2 is 1.00 bits per heavy atom. The highest BCUT2D eigenvalue weighted by Gasteiger charge is 2.27. The number of phenolic OH excluding ortho intramolecular Hbond substituents is 1. The van der Waals surface area contributed by atoms with Crippen LogP contribution in [-0.2, 0) is 16.2 Å². The van der Waals surface area contributed by atoms with E-state index in [4.69, 9.17) is 9.97 Å². The quantitative estimate of drug-likeness (QED) is 0.174. The van der Waals surface area contributed by atoms with E-state index in [1.165, 1.54) is 22.3 Å². The fraction of sp³-hybridized carbons (Fsp3) is 0.213. The van der Waals surface area contributed by atoms with Crippen molar-refractivity contribution in [2.45, 2.75) is 85.5 Å². The Kier molecular flexibility index (Phi) is 11.0. The maximum absolute atomic E-state index is 12.1. The highest BCUT2D eigenvalue weighted by atomic mass is 16.3. The summed E-state index contributed by atoms with van der Waals surface area (Å²) in [4.78, 5) is 10.6. The second-order valence-electron chi connectivity index (χ2n) is 20.7. The van der Waals surface area contributed by atoms with Crippen molar-refractivity contribution in [2.75, 3.05) is 0 Å². The first-order chi connectivity index (χ1) is 30.9. The third-order valence-electron chi connectivity index (χ3n) is 12.8. The van der Waals surface area contributed by atoms with Crippen LogP contribution in [0.4, 0.5) is 0 Å². The summed E-state index contributed by atoms with van der Waals surface area (Å²) in [6, 6.07) is 58.6. The smallest absolute Gasteiger partial charge is 0.149 e. The molecule has 0 aliphatic rings. The van der Waals surface area contributed by atoms with Gasteiger partial charge in [-0.05, 0) is 127 Å². The molecule has 0 unspecified atom stereocenters. The van der Waals surface area contributed by atoms with E-state index in [9.17, 15) is 5.11 Å². The lowest BCUT2D eigenvalue weighted by molar-refractivity contribution is 0.471. The Morgan fingerprint density at radius 3 is 1.65 bits per heavy atom. The van der Waals surface area contributed by atoms with Crippen molar-refractivity contribution < 1.29 is 5.11 Å². The van der Waals surface area contributed by atoms with Crippen LogP contribution in [-0.4, -0.2) is 19.6 Å². The molecule has 1 N–H and O–H groups in total. The van der Waals surface area contributed by atoms with Crippen LogP contribution in [0.2, 0.25) is 0 Å². The van der Waals surface area contributed by atoms with E-state index < -0.39 is 0 Å². The third-order valence-corrected chi connectivity index (χ3v) is 12.8. The largest absolute Gasteiger partial charge is 0.507 e. The summed E-state index contributed by atoms with van der Waals surface area (Å²) in [5.41, 5.74) is 18.4. The van der Waals surface area contributed by atoms with Gasteiger partial charge in [0.2, 0.25) is 0 Å². The first-order valence-corrected chi connectivity index (χ1v) is 22.8. The van der Waals surface area contributed by atoms with Crippen molar-refractivity contribution in [1.82, 2.24) is 14.5 Å². The van der Waals surface area contributed by atoms with E-state index >= 15 is 0 Å². The van der Waals surface area contributed by atoms with Crippen molar-refractivity contribution in [3.8, 4) is 78.6 Å². The predicted octanol–water partition coefficient (Wildman–Crippen LogP) is 16.3. The predicted molar refractivity (Wildman–Crippen MR) is 274 cm³/mol. The fourth-order valence-electron chi connectivity index (χ4n) is 8.80. The summed E-state index contributed by atoms with van der Waals surface area (Å²) in [5.74, 6) is 0.932. The average Bonchev–Trinajstić information content (AvgIpc) is 3.68. The lowest BCUT2D eigenvalue weighted by Gasteiger charge is -2.24. The molecule has 324 valence electrons. The van der Waals surface area contributed by atoms with E-state index in [1.807, 2.05) is 13.1 Å². The lowest BCUT2D eigenvalue weighted by atomic mass is 9.83. The molecule has 2 heterocycles. The molecule has 4 heteroatoms. The highest BCUT2D eigenvalue weighted by Crippen LogP contribution is 2.44. The van der Waals surface area contributed by atoms with Gasteiger partial charge in [0.1, 0.15) is 11.6 Å². The first kappa shape index (κ1) is 43.2. The number of phenols is 1. The van der Waals surface area contributed by atoms with Crippen LogP contribution in [0.25, 0.3) is 83.9 Å². The molecule has 0 aliphatic heterocycles. The van der Waals surface area contributed by atoms with Gasteiger partial charge in [-0.3, -0.25) is 9.55 Å². The van der Waals surface area contributed by atoms with Gasteiger partial charge in [0, 0.05) is 22.9 Å². The Morgan fingerprint density at radius 1 is 0.431 bits per heavy atom. The van der Waals surface area contributed by atoms with Crippen molar-refractivity contribution in [2.24, 2.45) is 0 Å². The number of benzene rings is 7. The molecule has 0 fully saturated rings. The summed E-state index contributed by atoms with van der Waals surface area (Å²) >= 11 is 0. The molecule has 0 radical (unpaired) electrons. The molecule has 9 rings (SSSR count). The zero-order valence-electron chi connectivity index (χ0n) is 39.5. The van der Waals surface area contributed by atoms with Gasteiger partial charge in [0.15, 0.2) is 0 Å². The molecule has 65 heavy (non-hydrogen) atoms. The van der Waals surface area contributed by atoms with E-state index in [1.54, 1.807) is 0 Å². The molecule has 0 spiro atoms. The zero-order chi connectivity index (χ0) is 45.8. The van der Waals surface area contributed by atoms with Crippen LogP contribution in [0.5, 0.6) is 5.75 Å². The zero-order valence-corrected chi connectivity index (χ0v) is 39.5. The molecule has 7 aromatic carbocycles. The highest BCUT2D eigenvalue weighted by molar-refractivity contribution is 5.98. The number of aromatic nitrogens is 3. The topological polar surface area (TPSA) is 50.9 Å². The second kappa shape index (κ2) is 16.5. The van der Waals surface area contributed by atoms with Gasteiger partial charge >= 0.3 is 0 Å². The Labute approximate surface area is 385 Å². The second-order valence-corrected chi connectivity index (χ2v) is 20.7. The van der Waals surface area contributed by atoms with Gasteiger partial charge in [-0.2, -0.15) is 0 Å². The Hall–Kier alpha value is -7.04. The number of hydrogen-bond acceptors (Lipinski definition) is 3. The Balaban J connectivity index is 1.27. The molecule has 9 aromatic rings. The van der Waals surface area contributed by atoms with Gasteiger partial charge in [-0.25, -0.2) is 4.98 Å². The van der Waals surface area contributed by atoms with Crippen molar-refractivity contribution in [3.63, 3.8) is 0 Å². The first-order valence-electron chi connectivity index (χ1n) is 22.8. The van der Waals surface area contributed by atoms with Gasteiger partial charge in [0.25, 0.3) is 0 Å². The van der Waals surface area contributed by atoms with Gasteiger partial charge in [-0.15, -0.1) is 0 Å². The third kappa shape index (κ3) is 8.54. The number of hydrogen-bond donors (Lipinski definition) is 1. The monoisotopic (exact) mass is 849 g/mol. The minimum Gasteiger partial charge on any atom is -0.507 e. The number of rotatable bonds is 7. The van der Waals surface area contributed by atoms with Crippen LogP contribution in [0.15, 0.2) is 170 Å². The summed E-state index contributed by atoms with van der Waals surface area (Å²) in [6.07, 6.45) is 1.92. The van der Waals surface area contributed by atoms with Crippen molar-refractivity contribution in [1.29, 1.82) is 0 Å². The number of para-hydroxylation sites is 1. The van der Waals surface area contributed by atoms with Gasteiger partial charge in [-0.1, -0.05) is 178 Å². The summed E-state index contributed by atoms with van der Waals surface area (Å²) in [5, 5.41) is 12.1. The molecule has 0 saturated carbocycles. The molecular formula is C61H59N3O. The van der Waals surface area contributed by atoms with E-state index in [0.29, 0.717) is 11.4 Å². The number of aromatic hydroxyl groups is 1. The van der Waals surface area contributed by atoms with Crippen LogP contribution in [0.1, 0.15) is 84.6 Å². The number of aryl methyl sites for hydroxylation is 1. The number of imidazole rings is 1. The molecule has 4 nitrogen and oxygen atoms in total. The van der Waals surface area contributed by atoms with Crippen LogP contribution in [0, 0.1) is 6.92 Å². The fourth-order valence-corrected chi connectivity index (χ4v) is 8.80. The van der Waals surface area contributed by atoms with Crippen molar-refractivity contribution in [3.05, 3.63) is 192 Å². The molecular weight excluding hydrogens is 791 g/mol. The van der Waals surface area contributed by atoms with Crippen molar-refractivity contribution >= 4 is 11.0 Å². The SMILES string of the molecule is Cc1cc(C(C)(C)C)cc(-c2nc3c(-c4cc(-c5cc(-c6ccc(-c7ccccc7)cc6)ccn5)cc(C(C)(C)C)c4)cccc3n2-c2ccc(C(C)(C)C)cc2-c2ccccc2)c1O. The van der Waals surface area contributed by atoms with E-state index in [2.05, 4.69) is 231 Å². The summed E-state index contributed by atoms with van der Waals surface area (Å²) in [6.45, 7) is 22.2. The van der Waals surface area contributed by atoms with E-state index in [0.717, 1.165) is 72.5 Å². The minimum absolute atomic E-state index is 0.0668. The normalized spacial score (nSPS) is 12.2. The molecule has 0 saturated heterocycles. The molecule has 2 aromatic heterocycles. The maximum Gasteiger partial charge on any atom is 0.149 e. The van der Waals surface area contributed by atoms with Crippen LogP contribution >= 0.6 is 0 Å².